The quantitative estimate of drug-likeness (QED) is 0.745. The van der Waals surface area contributed by atoms with Crippen molar-refractivity contribution >= 4 is 22.9 Å². The van der Waals surface area contributed by atoms with Crippen molar-refractivity contribution in [2.45, 2.75) is 24.6 Å². The van der Waals surface area contributed by atoms with Crippen LogP contribution in [0.25, 0.3) is 0 Å². The Bertz CT molecular complexity index is 587. The van der Waals surface area contributed by atoms with E-state index < -0.39 is 0 Å². The molecule has 1 heterocycles. The Balaban J connectivity index is 1.90. The van der Waals surface area contributed by atoms with Gasteiger partial charge in [-0.2, -0.15) is 0 Å². The monoisotopic (exact) mass is 296 g/mol. The van der Waals surface area contributed by atoms with Gasteiger partial charge >= 0.3 is 0 Å². The average molecular weight is 297 g/mol. The summed E-state index contributed by atoms with van der Waals surface area (Å²) >= 11 is 8.22. The number of thiophene rings is 1. The Morgan fingerprint density at radius 3 is 2.84 bits per heavy atom. The molecule has 1 aliphatic carbocycles. The standard InChI is InChI=1S/C15H14ClFOS/c1-18-12-6-5-10(7-11(12)17)15(16)14-8-9-3-2-4-13(9)19-14/h5-8,15H,2-4H2,1H3. The topological polar surface area (TPSA) is 9.23 Å². The van der Waals surface area contributed by atoms with E-state index in [2.05, 4.69) is 6.07 Å². The molecule has 1 aromatic heterocycles. The lowest BCUT2D eigenvalue weighted by molar-refractivity contribution is 0.386. The van der Waals surface area contributed by atoms with E-state index in [1.807, 2.05) is 6.07 Å². The van der Waals surface area contributed by atoms with Crippen molar-refractivity contribution in [1.29, 1.82) is 0 Å². The van der Waals surface area contributed by atoms with Crippen molar-refractivity contribution in [3.05, 3.63) is 51.0 Å². The van der Waals surface area contributed by atoms with Crippen LogP contribution in [0.4, 0.5) is 4.39 Å². The smallest absolute Gasteiger partial charge is 0.165 e. The van der Waals surface area contributed by atoms with Crippen LogP contribution in [0, 0.1) is 5.82 Å². The molecule has 1 aliphatic rings. The second kappa shape index (κ2) is 5.14. The minimum absolute atomic E-state index is 0.251. The van der Waals surface area contributed by atoms with Gasteiger partial charge in [0.25, 0.3) is 0 Å². The first-order valence-corrected chi connectivity index (χ1v) is 7.53. The molecule has 0 radical (unpaired) electrons. The number of alkyl halides is 1. The van der Waals surface area contributed by atoms with E-state index in [1.54, 1.807) is 17.4 Å². The van der Waals surface area contributed by atoms with Crippen molar-refractivity contribution in [3.63, 3.8) is 0 Å². The lowest BCUT2D eigenvalue weighted by atomic mass is 10.1. The Hall–Kier alpha value is -1.06. The first-order chi connectivity index (χ1) is 9.19. The van der Waals surface area contributed by atoms with Gasteiger partial charge in [-0.05, 0) is 48.6 Å². The largest absolute Gasteiger partial charge is 0.494 e. The van der Waals surface area contributed by atoms with E-state index in [1.165, 1.54) is 30.0 Å². The third-order valence-electron chi connectivity index (χ3n) is 3.48. The molecule has 100 valence electrons. The molecule has 0 saturated heterocycles. The van der Waals surface area contributed by atoms with Crippen LogP contribution in [0.3, 0.4) is 0 Å². The third-order valence-corrected chi connectivity index (χ3v) is 5.40. The zero-order valence-electron chi connectivity index (χ0n) is 10.6. The molecule has 1 atom stereocenters. The number of methoxy groups -OCH3 is 1. The van der Waals surface area contributed by atoms with Gasteiger partial charge < -0.3 is 4.74 Å². The number of rotatable bonds is 3. The molecule has 0 bridgehead atoms. The SMILES string of the molecule is COc1ccc(C(Cl)c2cc3c(s2)CCC3)cc1F. The van der Waals surface area contributed by atoms with E-state index in [0.717, 1.165) is 23.3 Å². The van der Waals surface area contributed by atoms with Gasteiger partial charge in [-0.3, -0.25) is 0 Å². The number of halogens is 2. The van der Waals surface area contributed by atoms with Crippen molar-refractivity contribution in [3.8, 4) is 5.75 Å². The number of ether oxygens (including phenoxy) is 1. The summed E-state index contributed by atoms with van der Waals surface area (Å²) in [5.74, 6) is -0.115. The van der Waals surface area contributed by atoms with Gasteiger partial charge in [-0.15, -0.1) is 22.9 Å². The molecular weight excluding hydrogens is 283 g/mol. The van der Waals surface area contributed by atoms with Crippen LogP contribution in [-0.4, -0.2) is 7.11 Å². The fraction of sp³-hybridized carbons (Fsp3) is 0.333. The summed E-state index contributed by atoms with van der Waals surface area (Å²) < 4.78 is 18.6. The molecule has 0 aliphatic heterocycles. The van der Waals surface area contributed by atoms with Crippen molar-refractivity contribution < 1.29 is 9.13 Å². The highest BCUT2D eigenvalue weighted by molar-refractivity contribution is 7.12. The molecule has 4 heteroatoms. The molecule has 3 rings (SSSR count). The van der Waals surface area contributed by atoms with Gasteiger partial charge in [0.2, 0.25) is 0 Å². The number of hydrogen-bond acceptors (Lipinski definition) is 2. The second-order valence-electron chi connectivity index (χ2n) is 4.71. The number of hydrogen-bond donors (Lipinski definition) is 0. The minimum Gasteiger partial charge on any atom is -0.494 e. The zero-order valence-corrected chi connectivity index (χ0v) is 12.2. The molecular formula is C15H14ClFOS. The summed E-state index contributed by atoms with van der Waals surface area (Å²) in [6.07, 6.45) is 3.54. The van der Waals surface area contributed by atoms with Gasteiger partial charge in [-0.1, -0.05) is 6.07 Å². The molecule has 1 unspecified atom stereocenters. The highest BCUT2D eigenvalue weighted by atomic mass is 35.5. The predicted molar refractivity (Wildman–Crippen MR) is 77.0 cm³/mol. The van der Waals surface area contributed by atoms with Crippen LogP contribution in [-0.2, 0) is 12.8 Å². The molecule has 1 aromatic carbocycles. The van der Waals surface area contributed by atoms with E-state index in [4.69, 9.17) is 16.3 Å². The second-order valence-corrected chi connectivity index (χ2v) is 6.31. The number of fused-ring (bicyclic) bond motifs is 1. The maximum Gasteiger partial charge on any atom is 0.165 e. The lowest BCUT2D eigenvalue weighted by Gasteiger charge is -2.09. The molecule has 0 N–H and O–H groups in total. The highest BCUT2D eigenvalue weighted by Crippen LogP contribution is 2.39. The first kappa shape index (κ1) is 12.9. The van der Waals surface area contributed by atoms with Crippen LogP contribution < -0.4 is 4.74 Å². The van der Waals surface area contributed by atoms with Gasteiger partial charge in [0.15, 0.2) is 11.6 Å². The fourth-order valence-electron chi connectivity index (χ4n) is 2.48. The predicted octanol–water partition coefficient (Wildman–Crippen LogP) is 4.71. The van der Waals surface area contributed by atoms with Gasteiger partial charge in [0.05, 0.1) is 12.5 Å². The van der Waals surface area contributed by atoms with Crippen LogP contribution in [0.5, 0.6) is 5.75 Å². The molecule has 0 amide bonds. The lowest BCUT2D eigenvalue weighted by Crippen LogP contribution is -1.94. The van der Waals surface area contributed by atoms with Crippen molar-refractivity contribution in [1.82, 2.24) is 0 Å². The average Bonchev–Trinajstić information content (AvgIpc) is 2.98. The van der Waals surface area contributed by atoms with Crippen LogP contribution in [0.15, 0.2) is 24.3 Å². The van der Waals surface area contributed by atoms with Crippen LogP contribution >= 0.6 is 22.9 Å². The van der Waals surface area contributed by atoms with E-state index >= 15 is 0 Å². The minimum atomic E-state index is -0.366. The number of benzene rings is 1. The van der Waals surface area contributed by atoms with Gasteiger partial charge in [0, 0.05) is 9.75 Å². The summed E-state index contributed by atoms with van der Waals surface area (Å²) in [4.78, 5) is 2.55. The van der Waals surface area contributed by atoms with Crippen molar-refractivity contribution in [2.75, 3.05) is 7.11 Å². The first-order valence-electron chi connectivity index (χ1n) is 6.28. The summed E-state index contributed by atoms with van der Waals surface area (Å²) in [6, 6.07) is 7.08. The van der Waals surface area contributed by atoms with Gasteiger partial charge in [-0.25, -0.2) is 4.39 Å². The third kappa shape index (κ3) is 2.37. The molecule has 0 saturated carbocycles. The number of aryl methyl sites for hydroxylation is 2. The Kier molecular flexibility index (Phi) is 3.50. The zero-order chi connectivity index (χ0) is 13.4. The summed E-state index contributed by atoms with van der Waals surface area (Å²) in [7, 11) is 1.46. The highest BCUT2D eigenvalue weighted by Gasteiger charge is 2.20. The molecule has 0 fully saturated rings. The summed E-state index contributed by atoms with van der Waals surface area (Å²) in [5, 5.41) is -0.281. The van der Waals surface area contributed by atoms with E-state index in [-0.39, 0.29) is 16.9 Å². The Labute approximate surface area is 121 Å². The molecule has 1 nitrogen and oxygen atoms in total. The molecule has 0 spiro atoms. The maximum absolute atomic E-state index is 13.7. The molecule has 2 aromatic rings. The van der Waals surface area contributed by atoms with Crippen LogP contribution in [0.2, 0.25) is 0 Å². The normalized spacial score (nSPS) is 15.3. The van der Waals surface area contributed by atoms with E-state index in [0.29, 0.717) is 0 Å². The fourth-order valence-corrected chi connectivity index (χ4v) is 4.08. The van der Waals surface area contributed by atoms with Gasteiger partial charge in [0.1, 0.15) is 0 Å². The Morgan fingerprint density at radius 2 is 2.16 bits per heavy atom. The maximum atomic E-state index is 13.7. The van der Waals surface area contributed by atoms with Crippen molar-refractivity contribution in [2.24, 2.45) is 0 Å². The Morgan fingerprint density at radius 1 is 1.32 bits per heavy atom. The molecule has 19 heavy (non-hydrogen) atoms. The summed E-state index contributed by atoms with van der Waals surface area (Å²) in [6.45, 7) is 0. The summed E-state index contributed by atoms with van der Waals surface area (Å²) in [5.41, 5.74) is 2.19. The van der Waals surface area contributed by atoms with E-state index in [9.17, 15) is 4.39 Å². The van der Waals surface area contributed by atoms with Crippen LogP contribution in [0.1, 0.15) is 32.7 Å².